The average molecular weight is 394 g/mol. The molecule has 1 heterocycles. The van der Waals surface area contributed by atoms with E-state index in [0.717, 1.165) is 18.4 Å². The van der Waals surface area contributed by atoms with E-state index >= 15 is 0 Å². The summed E-state index contributed by atoms with van der Waals surface area (Å²) in [7, 11) is -2.24. The van der Waals surface area contributed by atoms with Gasteiger partial charge < -0.3 is 0 Å². The zero-order chi connectivity index (χ0) is 15.5. The van der Waals surface area contributed by atoms with E-state index in [4.69, 9.17) is 11.6 Å². The molecular weight excluding hydrogens is 380 g/mol. The van der Waals surface area contributed by atoms with Gasteiger partial charge in [0.05, 0.1) is 0 Å². The molecule has 2 rings (SSSR count). The number of hydrogen-bond donors (Lipinski definition) is 1. The summed E-state index contributed by atoms with van der Waals surface area (Å²) in [6.07, 6.45) is 1.64. The van der Waals surface area contributed by atoms with Gasteiger partial charge in [-0.1, -0.05) is 17.3 Å². The molecule has 0 amide bonds. The lowest BCUT2D eigenvalue weighted by atomic mass is 10.1. The van der Waals surface area contributed by atoms with Crippen molar-refractivity contribution in [1.29, 1.82) is 0 Å². The summed E-state index contributed by atoms with van der Waals surface area (Å²) in [5.41, 5.74) is 1.52. The normalized spacial score (nSPS) is 11.6. The Morgan fingerprint density at radius 1 is 1.43 bits per heavy atom. The summed E-state index contributed by atoms with van der Waals surface area (Å²) in [4.78, 5) is 0. The van der Waals surface area contributed by atoms with Gasteiger partial charge in [0, 0.05) is 18.6 Å². The second-order valence-corrected chi connectivity index (χ2v) is 7.13. The molecule has 0 radical (unpaired) electrons. The van der Waals surface area contributed by atoms with Crippen molar-refractivity contribution in [3.05, 3.63) is 34.4 Å². The van der Waals surface area contributed by atoms with E-state index in [1.807, 2.05) is 6.07 Å². The van der Waals surface area contributed by atoms with Crippen LogP contribution < -0.4 is 4.72 Å². The van der Waals surface area contributed by atoms with Crippen LogP contribution in [-0.2, 0) is 23.5 Å². The highest BCUT2D eigenvalue weighted by atomic mass is 79.9. The van der Waals surface area contributed by atoms with E-state index in [0.29, 0.717) is 11.6 Å². The van der Waals surface area contributed by atoms with E-state index in [2.05, 4.69) is 31.0 Å². The third-order valence-corrected chi connectivity index (χ3v) is 5.30. The molecule has 2 aromatic rings. The molecule has 1 N–H and O–H groups in total. The van der Waals surface area contributed by atoms with Crippen LogP contribution in [0.5, 0.6) is 0 Å². The first-order valence-corrected chi connectivity index (χ1v) is 8.98. The van der Waals surface area contributed by atoms with Crippen LogP contribution in [0.25, 0.3) is 0 Å². The summed E-state index contributed by atoms with van der Waals surface area (Å²) in [6.45, 7) is 0. The summed E-state index contributed by atoms with van der Waals surface area (Å²) in [6, 6.07) is 7.23. The number of nitrogens with zero attached hydrogens (tertiary/aromatic N) is 3. The first-order chi connectivity index (χ1) is 9.94. The van der Waals surface area contributed by atoms with Crippen molar-refractivity contribution in [2.24, 2.45) is 7.05 Å². The number of halogens is 2. The first kappa shape index (κ1) is 16.3. The highest BCUT2D eigenvalue weighted by Crippen LogP contribution is 2.22. The number of hydrogen-bond acceptors (Lipinski definition) is 4. The first-order valence-electron chi connectivity index (χ1n) is 6.17. The second kappa shape index (κ2) is 6.76. The number of benzene rings is 1. The zero-order valence-corrected chi connectivity index (χ0v) is 14.4. The summed E-state index contributed by atoms with van der Waals surface area (Å²) in [5.74, 6) is 0.573. The molecule has 0 atom stereocenters. The number of anilines is 1. The Balaban J connectivity index is 2.25. The van der Waals surface area contributed by atoms with Gasteiger partial charge in [0.15, 0.2) is 4.60 Å². The monoisotopic (exact) mass is 392 g/mol. The Hall–Kier alpha value is -1.12. The van der Waals surface area contributed by atoms with Crippen molar-refractivity contribution < 1.29 is 8.42 Å². The molecular formula is C12H14BrClN4O2S. The van der Waals surface area contributed by atoms with Crippen molar-refractivity contribution in [3.63, 3.8) is 0 Å². The molecule has 1 aromatic carbocycles. The molecule has 0 aliphatic carbocycles. The lowest BCUT2D eigenvalue weighted by Crippen LogP contribution is -2.17. The Morgan fingerprint density at radius 2 is 2.19 bits per heavy atom. The molecule has 0 spiro atoms. The van der Waals surface area contributed by atoms with Crippen LogP contribution in [0, 0.1) is 0 Å². The van der Waals surface area contributed by atoms with Crippen LogP contribution in [0.4, 0.5) is 5.69 Å². The number of sulfonamides is 1. The van der Waals surface area contributed by atoms with Gasteiger partial charge in [0.2, 0.25) is 5.03 Å². The van der Waals surface area contributed by atoms with E-state index in [-0.39, 0.29) is 9.63 Å². The van der Waals surface area contributed by atoms with E-state index in [1.165, 1.54) is 11.7 Å². The number of rotatable bonds is 6. The minimum absolute atomic E-state index is 0.0198. The second-order valence-electron chi connectivity index (χ2n) is 4.41. The van der Waals surface area contributed by atoms with E-state index in [1.54, 1.807) is 18.2 Å². The highest BCUT2D eigenvalue weighted by Gasteiger charge is 2.23. The molecule has 1 aromatic heterocycles. The molecule has 0 saturated heterocycles. The van der Waals surface area contributed by atoms with Crippen molar-refractivity contribution in [2.45, 2.75) is 17.9 Å². The fourth-order valence-electron chi connectivity index (χ4n) is 1.87. The van der Waals surface area contributed by atoms with E-state index in [9.17, 15) is 8.42 Å². The van der Waals surface area contributed by atoms with Gasteiger partial charge in [0.25, 0.3) is 10.0 Å². The maximum atomic E-state index is 12.4. The standard InChI is InChI=1S/C12H14BrClN4O2S/c1-18-12(11(13)15-17-18)21(19,20)16-10-6-2-4-9(8-10)5-3-7-14/h2,4,6,8,16H,3,5,7H2,1H3. The van der Waals surface area contributed by atoms with Gasteiger partial charge >= 0.3 is 0 Å². The molecule has 0 aliphatic heterocycles. The third-order valence-electron chi connectivity index (χ3n) is 2.77. The van der Waals surface area contributed by atoms with Gasteiger partial charge in [-0.3, -0.25) is 4.72 Å². The number of aromatic nitrogens is 3. The van der Waals surface area contributed by atoms with Gasteiger partial charge in [-0.05, 0) is 46.5 Å². The molecule has 0 aliphatic rings. The van der Waals surface area contributed by atoms with Crippen molar-refractivity contribution in [2.75, 3.05) is 10.6 Å². The fraction of sp³-hybridized carbons (Fsp3) is 0.333. The fourth-order valence-corrected chi connectivity index (χ4v) is 4.15. The molecule has 0 fully saturated rings. The predicted octanol–water partition coefficient (Wildman–Crippen LogP) is 2.55. The summed E-state index contributed by atoms with van der Waals surface area (Å²) >= 11 is 8.75. The van der Waals surface area contributed by atoms with Gasteiger partial charge in [-0.15, -0.1) is 16.7 Å². The van der Waals surface area contributed by atoms with Crippen LogP contribution >= 0.6 is 27.5 Å². The average Bonchev–Trinajstić information content (AvgIpc) is 2.76. The summed E-state index contributed by atoms with van der Waals surface area (Å²) in [5, 5.41) is 7.33. The predicted molar refractivity (Wildman–Crippen MR) is 85.0 cm³/mol. The molecule has 0 bridgehead atoms. The Labute approximate surface area is 136 Å². The molecule has 9 heteroatoms. The van der Waals surface area contributed by atoms with E-state index < -0.39 is 10.0 Å². The van der Waals surface area contributed by atoms with Gasteiger partial charge in [-0.2, -0.15) is 8.42 Å². The van der Waals surface area contributed by atoms with Crippen molar-refractivity contribution in [1.82, 2.24) is 15.0 Å². The molecule has 21 heavy (non-hydrogen) atoms. The molecule has 0 saturated carbocycles. The quantitative estimate of drug-likeness (QED) is 0.765. The van der Waals surface area contributed by atoms with Crippen LogP contribution in [0.2, 0.25) is 0 Å². The molecule has 6 nitrogen and oxygen atoms in total. The zero-order valence-electron chi connectivity index (χ0n) is 11.3. The van der Waals surface area contributed by atoms with Crippen LogP contribution in [0.3, 0.4) is 0 Å². The minimum Gasteiger partial charge on any atom is -0.278 e. The largest absolute Gasteiger partial charge is 0.281 e. The topological polar surface area (TPSA) is 76.9 Å². The summed E-state index contributed by atoms with van der Waals surface area (Å²) < 4.78 is 28.6. The Morgan fingerprint density at radius 3 is 2.81 bits per heavy atom. The number of nitrogens with one attached hydrogen (secondary N) is 1. The van der Waals surface area contributed by atoms with Crippen LogP contribution in [0.15, 0.2) is 33.9 Å². The van der Waals surface area contributed by atoms with Gasteiger partial charge in [0.1, 0.15) is 0 Å². The molecule has 0 unspecified atom stereocenters. The number of aryl methyl sites for hydroxylation is 2. The smallest absolute Gasteiger partial charge is 0.278 e. The maximum Gasteiger partial charge on any atom is 0.281 e. The highest BCUT2D eigenvalue weighted by molar-refractivity contribution is 9.10. The van der Waals surface area contributed by atoms with Crippen LogP contribution in [0.1, 0.15) is 12.0 Å². The maximum absolute atomic E-state index is 12.4. The van der Waals surface area contributed by atoms with Gasteiger partial charge in [-0.25, -0.2) is 4.68 Å². The SMILES string of the molecule is Cn1nnc(Br)c1S(=O)(=O)Nc1cccc(CCCCl)c1. The van der Waals surface area contributed by atoms with Crippen molar-refractivity contribution in [3.8, 4) is 0 Å². The van der Waals surface area contributed by atoms with Crippen molar-refractivity contribution >= 4 is 43.2 Å². The lowest BCUT2D eigenvalue weighted by Gasteiger charge is -2.09. The Bertz CT molecular complexity index is 713. The third kappa shape index (κ3) is 3.96. The molecule has 114 valence electrons. The Kier molecular flexibility index (Phi) is 5.23. The number of alkyl halides is 1. The van der Waals surface area contributed by atoms with Crippen LogP contribution in [-0.4, -0.2) is 29.3 Å². The minimum atomic E-state index is -3.75. The lowest BCUT2D eigenvalue weighted by molar-refractivity contribution is 0.578.